The number of halogens is 2. The van der Waals surface area contributed by atoms with Crippen LogP contribution in [0.5, 0.6) is 5.75 Å². The van der Waals surface area contributed by atoms with Gasteiger partial charge in [-0.3, -0.25) is 4.79 Å². The molecule has 1 atom stereocenters. The molecule has 36 heavy (non-hydrogen) atoms. The number of rotatable bonds is 6. The molecule has 1 heterocycles. The van der Waals surface area contributed by atoms with Crippen LogP contribution in [0.4, 0.5) is 0 Å². The first kappa shape index (κ1) is 24.6. The fraction of sp³-hybridized carbons (Fsp3) is 0.172. The number of dihydropyridines is 1. The van der Waals surface area contributed by atoms with E-state index in [1.807, 2.05) is 73.7 Å². The number of hydrogen-bond donors (Lipinski definition) is 1. The number of Topliss-reactive ketones (excluding diaryl/α,β-unsaturated/α-hetero) is 1. The molecule has 1 aliphatic carbocycles. The molecule has 182 valence electrons. The maximum absolute atomic E-state index is 13.6. The van der Waals surface area contributed by atoms with Gasteiger partial charge in [0.25, 0.3) is 0 Å². The molecule has 0 radical (unpaired) electrons. The van der Waals surface area contributed by atoms with Crippen molar-refractivity contribution in [3.8, 4) is 5.75 Å². The third-order valence-electron chi connectivity index (χ3n) is 6.37. The first-order valence-corrected chi connectivity index (χ1v) is 13.0. The van der Waals surface area contributed by atoms with Crippen LogP contribution in [0.3, 0.4) is 0 Å². The van der Waals surface area contributed by atoms with Crippen LogP contribution in [-0.4, -0.2) is 18.4 Å². The highest BCUT2D eigenvalue weighted by atomic mass is 127. The van der Waals surface area contributed by atoms with Crippen LogP contribution >= 0.6 is 34.2 Å². The van der Waals surface area contributed by atoms with Crippen LogP contribution in [0.15, 0.2) is 83.6 Å². The number of esters is 1. The van der Waals surface area contributed by atoms with Crippen LogP contribution in [0.2, 0.25) is 5.02 Å². The van der Waals surface area contributed by atoms with E-state index in [4.69, 9.17) is 21.1 Å². The zero-order valence-corrected chi connectivity index (χ0v) is 22.6. The lowest BCUT2D eigenvalue weighted by Gasteiger charge is -2.29. The Morgan fingerprint density at radius 3 is 2.50 bits per heavy atom. The van der Waals surface area contributed by atoms with Gasteiger partial charge in [0.05, 0.1) is 21.4 Å². The summed E-state index contributed by atoms with van der Waals surface area (Å²) in [6, 6.07) is 20.8. The fourth-order valence-corrected chi connectivity index (χ4v) is 5.61. The molecule has 0 spiro atoms. The molecule has 1 aliphatic heterocycles. The molecule has 0 saturated carbocycles. The summed E-state index contributed by atoms with van der Waals surface area (Å²) in [5.74, 6) is -0.383. The first-order valence-electron chi connectivity index (χ1n) is 11.6. The Labute approximate surface area is 228 Å². The fourth-order valence-electron chi connectivity index (χ4n) is 4.73. The van der Waals surface area contributed by atoms with Gasteiger partial charge in [0.15, 0.2) is 5.78 Å². The van der Waals surface area contributed by atoms with Gasteiger partial charge in [-0.05, 0) is 60.2 Å². The maximum Gasteiger partial charge on any atom is 0.336 e. The minimum Gasteiger partial charge on any atom is -0.488 e. The van der Waals surface area contributed by atoms with Gasteiger partial charge in [0.2, 0.25) is 0 Å². The topological polar surface area (TPSA) is 64.6 Å². The average Bonchev–Trinajstić information content (AvgIpc) is 3.15. The van der Waals surface area contributed by atoms with E-state index in [1.54, 1.807) is 6.92 Å². The van der Waals surface area contributed by atoms with E-state index in [0.29, 0.717) is 39.8 Å². The van der Waals surface area contributed by atoms with E-state index in [9.17, 15) is 9.59 Å². The van der Waals surface area contributed by atoms with Crippen molar-refractivity contribution >= 4 is 51.6 Å². The molecular weight excluding hydrogens is 589 g/mol. The molecule has 5 rings (SSSR count). The number of ketones is 1. The summed E-state index contributed by atoms with van der Waals surface area (Å²) in [6.45, 7) is 4.20. The number of carbonyl (C=O) groups excluding carboxylic acids is 2. The molecule has 0 aromatic heterocycles. The number of nitrogens with one attached hydrogen (secondary N) is 1. The third kappa shape index (κ3) is 4.33. The van der Waals surface area contributed by atoms with E-state index < -0.39 is 11.9 Å². The molecule has 0 amide bonds. The second-order valence-corrected chi connectivity index (χ2v) is 10.1. The van der Waals surface area contributed by atoms with Crippen LogP contribution in [0.1, 0.15) is 46.8 Å². The van der Waals surface area contributed by atoms with Crippen molar-refractivity contribution in [1.82, 2.24) is 5.32 Å². The monoisotopic (exact) mass is 611 g/mol. The van der Waals surface area contributed by atoms with Crippen molar-refractivity contribution in [2.75, 3.05) is 6.61 Å². The lowest BCUT2D eigenvalue weighted by molar-refractivity contribution is -0.138. The molecule has 5 nitrogen and oxygen atoms in total. The van der Waals surface area contributed by atoms with E-state index >= 15 is 0 Å². The van der Waals surface area contributed by atoms with Gasteiger partial charge in [-0.15, -0.1) is 0 Å². The summed E-state index contributed by atoms with van der Waals surface area (Å²) in [5.41, 5.74) is 5.62. The van der Waals surface area contributed by atoms with Gasteiger partial charge in [0, 0.05) is 38.9 Å². The predicted molar refractivity (Wildman–Crippen MR) is 148 cm³/mol. The van der Waals surface area contributed by atoms with Crippen LogP contribution in [0.25, 0.3) is 5.70 Å². The Bertz CT molecular complexity index is 1460. The third-order valence-corrected chi connectivity index (χ3v) is 7.59. The SMILES string of the molecule is CCOC(=O)C1=C(C)NC2=C(C(=O)c3ccccc32)[C@H]1c1ccc(OCc2ccccc2Cl)c(I)c1. The number of benzene rings is 3. The molecule has 7 heteroatoms. The molecule has 1 N–H and O–H groups in total. The highest BCUT2D eigenvalue weighted by Crippen LogP contribution is 2.47. The summed E-state index contributed by atoms with van der Waals surface area (Å²) in [7, 11) is 0. The van der Waals surface area contributed by atoms with Crippen LogP contribution in [-0.2, 0) is 16.1 Å². The van der Waals surface area contributed by atoms with Crippen LogP contribution < -0.4 is 10.1 Å². The Hall–Kier alpha value is -3.10. The summed E-state index contributed by atoms with van der Waals surface area (Å²) in [4.78, 5) is 26.7. The van der Waals surface area contributed by atoms with Crippen molar-refractivity contribution < 1.29 is 19.1 Å². The van der Waals surface area contributed by atoms with E-state index in [1.165, 1.54) is 0 Å². The molecule has 0 unspecified atom stereocenters. The van der Waals surface area contributed by atoms with E-state index in [-0.39, 0.29) is 12.4 Å². The summed E-state index contributed by atoms with van der Waals surface area (Å²) < 4.78 is 12.3. The van der Waals surface area contributed by atoms with Crippen molar-refractivity contribution in [3.63, 3.8) is 0 Å². The smallest absolute Gasteiger partial charge is 0.336 e. The minimum absolute atomic E-state index is 0.0820. The predicted octanol–water partition coefficient (Wildman–Crippen LogP) is 6.66. The molecule has 3 aromatic carbocycles. The number of fused-ring (bicyclic) bond motifs is 2. The van der Waals surface area contributed by atoms with Crippen molar-refractivity contribution in [1.29, 1.82) is 0 Å². The first-order chi connectivity index (χ1) is 17.4. The molecule has 0 fully saturated rings. The quantitative estimate of drug-likeness (QED) is 0.250. The minimum atomic E-state index is -0.564. The Morgan fingerprint density at radius 1 is 1.06 bits per heavy atom. The van der Waals surface area contributed by atoms with Gasteiger partial charge in [-0.25, -0.2) is 4.79 Å². The lowest BCUT2D eigenvalue weighted by Crippen LogP contribution is -2.29. The Kier molecular flexibility index (Phi) is 6.90. The van der Waals surface area contributed by atoms with Gasteiger partial charge in [0.1, 0.15) is 12.4 Å². The molecule has 2 aliphatic rings. The zero-order chi connectivity index (χ0) is 25.4. The molecule has 0 bridgehead atoms. The number of allylic oxidation sites excluding steroid dienone is 2. The maximum atomic E-state index is 13.6. The number of hydrogen-bond acceptors (Lipinski definition) is 5. The lowest BCUT2D eigenvalue weighted by atomic mass is 9.80. The second kappa shape index (κ2) is 10.1. The largest absolute Gasteiger partial charge is 0.488 e. The van der Waals surface area contributed by atoms with E-state index in [2.05, 4.69) is 27.9 Å². The van der Waals surface area contributed by atoms with Crippen LogP contribution in [0, 0.1) is 3.57 Å². The highest BCUT2D eigenvalue weighted by Gasteiger charge is 2.43. The summed E-state index contributed by atoms with van der Waals surface area (Å²) >= 11 is 8.49. The highest BCUT2D eigenvalue weighted by molar-refractivity contribution is 14.1. The molecule has 3 aromatic rings. The summed E-state index contributed by atoms with van der Waals surface area (Å²) in [5, 5.41) is 3.97. The standard InChI is InChI=1S/C29H23ClINO4/c1-3-35-29(34)24-16(2)32-27-19-9-5-6-10-20(19)28(33)26(27)25(24)17-12-13-23(22(31)14-17)36-15-18-8-4-7-11-21(18)30/h4-14,25,32H,3,15H2,1-2H3/t25-/m0/s1. The van der Waals surface area contributed by atoms with E-state index in [0.717, 1.165) is 26.0 Å². The normalized spacial score (nSPS) is 16.4. The number of ether oxygens (including phenoxy) is 2. The molecule has 0 saturated heterocycles. The van der Waals surface area contributed by atoms with Crippen molar-refractivity contribution in [2.45, 2.75) is 26.4 Å². The van der Waals surface area contributed by atoms with Gasteiger partial charge >= 0.3 is 5.97 Å². The molecular formula is C29H23ClINO4. The van der Waals surface area contributed by atoms with Gasteiger partial charge in [-0.1, -0.05) is 60.1 Å². The average molecular weight is 612 g/mol. The van der Waals surface area contributed by atoms with Crippen molar-refractivity contribution in [2.24, 2.45) is 0 Å². The Morgan fingerprint density at radius 2 is 1.78 bits per heavy atom. The summed E-state index contributed by atoms with van der Waals surface area (Å²) in [6.07, 6.45) is 0. The number of carbonyl (C=O) groups is 2. The van der Waals surface area contributed by atoms with Gasteiger partial charge in [-0.2, -0.15) is 0 Å². The van der Waals surface area contributed by atoms with Crippen molar-refractivity contribution in [3.05, 3.63) is 114 Å². The van der Waals surface area contributed by atoms with Gasteiger partial charge < -0.3 is 14.8 Å². The zero-order valence-electron chi connectivity index (χ0n) is 19.7. The Balaban J connectivity index is 1.55. The second-order valence-electron chi connectivity index (χ2n) is 8.55.